The van der Waals surface area contributed by atoms with Gasteiger partial charge in [0.25, 0.3) is 0 Å². The van der Waals surface area contributed by atoms with E-state index in [1.54, 1.807) is 29.3 Å². The minimum absolute atomic E-state index is 0.192. The van der Waals surface area contributed by atoms with Crippen LogP contribution in [-0.4, -0.2) is 56.6 Å². The van der Waals surface area contributed by atoms with Crippen molar-refractivity contribution in [1.29, 1.82) is 0 Å². The van der Waals surface area contributed by atoms with Gasteiger partial charge in [-0.25, -0.2) is 14.6 Å². The minimum Gasteiger partial charge on any atom is -0.365 e. The summed E-state index contributed by atoms with van der Waals surface area (Å²) < 4.78 is 1.49. The van der Waals surface area contributed by atoms with Crippen molar-refractivity contribution < 1.29 is 9.72 Å². The SMILES string of the molecule is O=C(Nc1cccc(Cn2cccnc2=O)c1)N1CCN(c2ccc([N+](=O)[O-])nc2)CC1. The van der Waals surface area contributed by atoms with Crippen LogP contribution in [0, 0.1) is 10.1 Å². The molecular weight excluding hydrogens is 414 g/mol. The summed E-state index contributed by atoms with van der Waals surface area (Å²) in [4.78, 5) is 46.1. The van der Waals surface area contributed by atoms with E-state index >= 15 is 0 Å². The van der Waals surface area contributed by atoms with Crippen LogP contribution in [0.3, 0.4) is 0 Å². The smallest absolute Gasteiger partial charge is 0.363 e. The van der Waals surface area contributed by atoms with E-state index in [2.05, 4.69) is 15.3 Å². The van der Waals surface area contributed by atoms with Gasteiger partial charge in [0.15, 0.2) is 6.20 Å². The van der Waals surface area contributed by atoms with Crippen LogP contribution < -0.4 is 15.9 Å². The van der Waals surface area contributed by atoms with Crippen LogP contribution in [0.2, 0.25) is 0 Å². The number of hydrogen-bond acceptors (Lipinski definition) is 7. The Balaban J connectivity index is 1.33. The third-order valence-corrected chi connectivity index (χ3v) is 5.17. The molecule has 3 aromatic rings. The highest BCUT2D eigenvalue weighted by atomic mass is 16.6. The zero-order valence-corrected chi connectivity index (χ0v) is 17.1. The molecule has 1 aliphatic rings. The molecule has 1 saturated heterocycles. The fourth-order valence-corrected chi connectivity index (χ4v) is 3.50. The minimum atomic E-state index is -0.532. The Bertz CT molecular complexity index is 1170. The molecule has 0 spiro atoms. The summed E-state index contributed by atoms with van der Waals surface area (Å²) in [7, 11) is 0. The fraction of sp³-hybridized carbons (Fsp3) is 0.238. The van der Waals surface area contributed by atoms with Crippen molar-refractivity contribution in [3.63, 3.8) is 0 Å². The predicted molar refractivity (Wildman–Crippen MR) is 118 cm³/mol. The summed E-state index contributed by atoms with van der Waals surface area (Å²) in [6, 6.07) is 11.9. The predicted octanol–water partition coefficient (Wildman–Crippen LogP) is 1.95. The number of nitro groups is 1. The van der Waals surface area contributed by atoms with Gasteiger partial charge in [-0.05, 0) is 39.7 Å². The number of hydrogen-bond donors (Lipinski definition) is 1. The van der Waals surface area contributed by atoms with Gasteiger partial charge in [0.2, 0.25) is 0 Å². The second kappa shape index (κ2) is 9.25. The van der Waals surface area contributed by atoms with Crippen molar-refractivity contribution in [2.24, 2.45) is 0 Å². The molecule has 1 aromatic carbocycles. The van der Waals surface area contributed by atoms with Crippen LogP contribution in [-0.2, 0) is 6.54 Å². The zero-order valence-electron chi connectivity index (χ0n) is 17.1. The lowest BCUT2D eigenvalue weighted by molar-refractivity contribution is -0.389. The third kappa shape index (κ3) is 4.89. The molecule has 0 saturated carbocycles. The molecule has 164 valence electrons. The lowest BCUT2D eigenvalue weighted by Crippen LogP contribution is -2.50. The maximum Gasteiger partial charge on any atom is 0.363 e. The van der Waals surface area contributed by atoms with Crippen molar-refractivity contribution in [3.8, 4) is 0 Å². The number of amides is 2. The number of piperazine rings is 1. The number of pyridine rings is 1. The molecule has 32 heavy (non-hydrogen) atoms. The maximum absolute atomic E-state index is 12.7. The Morgan fingerprint density at radius 1 is 1.09 bits per heavy atom. The molecule has 3 heterocycles. The molecule has 1 N–H and O–H groups in total. The van der Waals surface area contributed by atoms with Crippen LogP contribution >= 0.6 is 0 Å². The summed E-state index contributed by atoms with van der Waals surface area (Å²) in [6.45, 7) is 2.56. The summed E-state index contributed by atoms with van der Waals surface area (Å²) in [5.41, 5.74) is 1.97. The van der Waals surface area contributed by atoms with E-state index in [1.807, 2.05) is 23.1 Å². The molecule has 0 radical (unpaired) electrons. The van der Waals surface area contributed by atoms with Crippen LogP contribution in [0.4, 0.5) is 22.0 Å². The van der Waals surface area contributed by atoms with E-state index in [4.69, 9.17) is 0 Å². The number of carbonyl (C=O) groups excluding carboxylic acids is 1. The monoisotopic (exact) mass is 435 g/mol. The summed E-state index contributed by atoms with van der Waals surface area (Å²) in [6.07, 6.45) is 4.60. The number of benzene rings is 1. The molecule has 11 nitrogen and oxygen atoms in total. The molecule has 0 unspecified atom stereocenters. The first kappa shape index (κ1) is 21.0. The van der Waals surface area contributed by atoms with E-state index in [0.717, 1.165) is 11.3 Å². The van der Waals surface area contributed by atoms with Crippen molar-refractivity contribution in [1.82, 2.24) is 19.4 Å². The number of anilines is 2. The summed E-state index contributed by atoms with van der Waals surface area (Å²) >= 11 is 0. The second-order valence-corrected chi connectivity index (χ2v) is 7.27. The number of urea groups is 1. The topological polar surface area (TPSA) is 127 Å². The van der Waals surface area contributed by atoms with Crippen LogP contribution in [0.5, 0.6) is 0 Å². The summed E-state index contributed by atoms with van der Waals surface area (Å²) in [5.74, 6) is -0.192. The Morgan fingerprint density at radius 3 is 2.59 bits per heavy atom. The highest BCUT2D eigenvalue weighted by Crippen LogP contribution is 2.19. The zero-order chi connectivity index (χ0) is 22.5. The fourth-order valence-electron chi connectivity index (χ4n) is 3.50. The van der Waals surface area contributed by atoms with Gasteiger partial charge in [-0.1, -0.05) is 12.1 Å². The number of nitrogens with one attached hydrogen (secondary N) is 1. The van der Waals surface area contributed by atoms with E-state index in [9.17, 15) is 19.7 Å². The van der Waals surface area contributed by atoms with E-state index in [0.29, 0.717) is 38.4 Å². The van der Waals surface area contributed by atoms with Crippen molar-refractivity contribution in [2.75, 3.05) is 36.4 Å². The molecular formula is C21H21N7O4. The Kier molecular flexibility index (Phi) is 6.06. The van der Waals surface area contributed by atoms with Gasteiger partial charge >= 0.3 is 17.5 Å². The third-order valence-electron chi connectivity index (χ3n) is 5.17. The lowest BCUT2D eigenvalue weighted by Gasteiger charge is -2.35. The number of aromatic nitrogens is 3. The Hall–Kier alpha value is -4.28. The number of rotatable bonds is 5. The second-order valence-electron chi connectivity index (χ2n) is 7.27. The van der Waals surface area contributed by atoms with Crippen LogP contribution in [0.15, 0.2) is 65.8 Å². The molecule has 0 bridgehead atoms. The molecule has 2 amide bonds. The normalized spacial score (nSPS) is 13.6. The van der Waals surface area contributed by atoms with E-state index in [-0.39, 0.29) is 17.5 Å². The highest BCUT2D eigenvalue weighted by Gasteiger charge is 2.22. The maximum atomic E-state index is 12.7. The standard InChI is InChI=1S/C21H21N7O4/c29-20-22-7-2-8-27(20)15-16-3-1-4-17(13-16)24-21(30)26-11-9-25(10-12-26)18-5-6-19(23-14-18)28(31)32/h1-8,13-14H,9-12,15H2,(H,24,30). The van der Waals surface area contributed by atoms with Gasteiger partial charge in [-0.15, -0.1) is 0 Å². The van der Waals surface area contributed by atoms with Gasteiger partial charge < -0.3 is 25.2 Å². The van der Waals surface area contributed by atoms with E-state index < -0.39 is 4.92 Å². The molecule has 11 heteroatoms. The van der Waals surface area contributed by atoms with Gasteiger partial charge in [-0.3, -0.25) is 4.57 Å². The van der Waals surface area contributed by atoms with Crippen molar-refractivity contribution in [3.05, 3.63) is 87.2 Å². The van der Waals surface area contributed by atoms with Crippen LogP contribution in [0.1, 0.15) is 5.56 Å². The van der Waals surface area contributed by atoms with Gasteiger partial charge in [0, 0.05) is 50.3 Å². The lowest BCUT2D eigenvalue weighted by atomic mass is 10.2. The average molecular weight is 435 g/mol. The number of carbonyl (C=O) groups is 1. The highest BCUT2D eigenvalue weighted by molar-refractivity contribution is 5.89. The Morgan fingerprint density at radius 2 is 1.91 bits per heavy atom. The summed E-state index contributed by atoms with van der Waals surface area (Å²) in [5, 5.41) is 13.6. The first-order valence-corrected chi connectivity index (χ1v) is 10.0. The van der Waals surface area contributed by atoms with Gasteiger partial charge in [0.05, 0.1) is 12.2 Å². The van der Waals surface area contributed by atoms with E-state index in [1.165, 1.54) is 23.0 Å². The quantitative estimate of drug-likeness (QED) is 0.479. The largest absolute Gasteiger partial charge is 0.365 e. The van der Waals surface area contributed by atoms with Crippen molar-refractivity contribution >= 4 is 23.2 Å². The molecule has 0 atom stereocenters. The molecule has 4 rings (SSSR count). The first-order chi connectivity index (χ1) is 15.5. The molecule has 1 aliphatic heterocycles. The number of nitrogens with zero attached hydrogens (tertiary/aromatic N) is 6. The first-order valence-electron chi connectivity index (χ1n) is 10.0. The molecule has 1 fully saturated rings. The molecule has 0 aliphatic carbocycles. The molecule has 2 aromatic heterocycles. The van der Waals surface area contributed by atoms with Gasteiger partial charge in [0.1, 0.15) is 0 Å². The Labute approximate surface area is 183 Å². The average Bonchev–Trinajstić information content (AvgIpc) is 2.81. The van der Waals surface area contributed by atoms with Crippen LogP contribution in [0.25, 0.3) is 0 Å². The van der Waals surface area contributed by atoms with Crippen molar-refractivity contribution in [2.45, 2.75) is 6.54 Å². The van der Waals surface area contributed by atoms with Gasteiger partial charge in [-0.2, -0.15) is 0 Å².